The second kappa shape index (κ2) is 6.56. The smallest absolute Gasteiger partial charge is 0.241 e. The summed E-state index contributed by atoms with van der Waals surface area (Å²) in [6, 6.07) is 11.6. The standard InChI is InChI=1S/C18H17ClN2O4S/c1-18(2)17(22)16(14-8-11(10-20)6-7-15(14)25-18)21-26(23,24)13-5-3-4-12(19)9-13/h3-9,16-17,21-22H,1-2H3. The van der Waals surface area contributed by atoms with Crippen LogP contribution in [0.1, 0.15) is 31.0 Å². The summed E-state index contributed by atoms with van der Waals surface area (Å²) in [5.74, 6) is 0.415. The highest BCUT2D eigenvalue weighted by molar-refractivity contribution is 7.89. The minimum Gasteiger partial charge on any atom is -0.485 e. The molecule has 0 radical (unpaired) electrons. The molecule has 2 aromatic carbocycles. The number of benzene rings is 2. The van der Waals surface area contributed by atoms with E-state index in [4.69, 9.17) is 21.6 Å². The first-order valence-electron chi connectivity index (χ1n) is 7.83. The van der Waals surface area contributed by atoms with Gasteiger partial charge in [-0.05, 0) is 50.2 Å². The van der Waals surface area contributed by atoms with Crippen LogP contribution in [0.2, 0.25) is 5.02 Å². The summed E-state index contributed by atoms with van der Waals surface area (Å²) >= 11 is 5.89. The zero-order valence-electron chi connectivity index (χ0n) is 14.1. The molecule has 0 saturated carbocycles. The van der Waals surface area contributed by atoms with Crippen LogP contribution < -0.4 is 9.46 Å². The Bertz CT molecular complexity index is 998. The van der Waals surface area contributed by atoms with Crippen LogP contribution in [0.15, 0.2) is 47.4 Å². The van der Waals surface area contributed by atoms with Crippen LogP contribution in [-0.2, 0) is 10.0 Å². The molecule has 1 heterocycles. The summed E-state index contributed by atoms with van der Waals surface area (Å²) in [5.41, 5.74) is -0.282. The van der Waals surface area contributed by atoms with Crippen molar-refractivity contribution in [2.75, 3.05) is 0 Å². The fourth-order valence-corrected chi connectivity index (χ4v) is 4.39. The van der Waals surface area contributed by atoms with Gasteiger partial charge in [0, 0.05) is 10.6 Å². The van der Waals surface area contributed by atoms with Gasteiger partial charge in [0.05, 0.1) is 22.6 Å². The molecule has 0 spiro atoms. The van der Waals surface area contributed by atoms with E-state index in [9.17, 15) is 13.5 Å². The molecule has 26 heavy (non-hydrogen) atoms. The molecule has 0 amide bonds. The molecule has 0 bridgehead atoms. The van der Waals surface area contributed by atoms with Crippen molar-refractivity contribution >= 4 is 21.6 Å². The second-order valence-electron chi connectivity index (χ2n) is 6.57. The van der Waals surface area contributed by atoms with Crippen LogP contribution in [0.5, 0.6) is 5.75 Å². The van der Waals surface area contributed by atoms with Gasteiger partial charge in [0.25, 0.3) is 0 Å². The Morgan fingerprint density at radius 2 is 2.00 bits per heavy atom. The van der Waals surface area contributed by atoms with E-state index in [0.29, 0.717) is 16.9 Å². The summed E-state index contributed by atoms with van der Waals surface area (Å²) in [5, 5.41) is 20.1. The Labute approximate surface area is 157 Å². The van der Waals surface area contributed by atoms with Crippen LogP contribution in [0.25, 0.3) is 0 Å². The highest BCUT2D eigenvalue weighted by Gasteiger charge is 2.44. The SMILES string of the molecule is CC1(C)Oc2ccc(C#N)cc2C(NS(=O)(=O)c2cccc(Cl)c2)C1O. The van der Waals surface area contributed by atoms with Crippen molar-refractivity contribution in [3.05, 3.63) is 58.6 Å². The number of sulfonamides is 1. The zero-order chi connectivity index (χ0) is 19.1. The van der Waals surface area contributed by atoms with Crippen molar-refractivity contribution < 1.29 is 18.3 Å². The summed E-state index contributed by atoms with van der Waals surface area (Å²) in [7, 11) is -3.96. The molecule has 0 saturated heterocycles. The van der Waals surface area contributed by atoms with Gasteiger partial charge in [-0.2, -0.15) is 5.26 Å². The van der Waals surface area contributed by atoms with E-state index < -0.39 is 27.8 Å². The molecule has 2 unspecified atom stereocenters. The average Bonchev–Trinajstić information content (AvgIpc) is 2.58. The Balaban J connectivity index is 2.07. The van der Waals surface area contributed by atoms with E-state index in [-0.39, 0.29) is 9.92 Å². The minimum atomic E-state index is -3.96. The first-order chi connectivity index (χ1) is 12.1. The zero-order valence-corrected chi connectivity index (χ0v) is 15.7. The fourth-order valence-electron chi connectivity index (χ4n) is 2.87. The van der Waals surface area contributed by atoms with Gasteiger partial charge in [-0.1, -0.05) is 17.7 Å². The molecule has 2 atom stereocenters. The molecule has 1 aliphatic rings. The lowest BCUT2D eigenvalue weighted by atomic mass is 9.86. The molecule has 2 aromatic rings. The Morgan fingerprint density at radius 1 is 1.27 bits per heavy atom. The lowest BCUT2D eigenvalue weighted by molar-refractivity contribution is -0.0603. The van der Waals surface area contributed by atoms with Crippen molar-refractivity contribution in [3.8, 4) is 11.8 Å². The number of rotatable bonds is 3. The van der Waals surface area contributed by atoms with E-state index in [1.165, 1.54) is 24.3 Å². The Hall–Kier alpha value is -2.11. The highest BCUT2D eigenvalue weighted by Crippen LogP contribution is 2.40. The number of nitriles is 1. The predicted molar refractivity (Wildman–Crippen MR) is 96.4 cm³/mol. The van der Waals surface area contributed by atoms with Gasteiger partial charge in [-0.3, -0.25) is 0 Å². The summed E-state index contributed by atoms with van der Waals surface area (Å²) in [6.07, 6.45) is -1.17. The van der Waals surface area contributed by atoms with Crippen LogP contribution in [0.3, 0.4) is 0 Å². The van der Waals surface area contributed by atoms with Gasteiger partial charge in [0.1, 0.15) is 17.5 Å². The monoisotopic (exact) mass is 392 g/mol. The van der Waals surface area contributed by atoms with Gasteiger partial charge in [-0.15, -0.1) is 0 Å². The molecule has 0 fully saturated rings. The third kappa shape index (κ3) is 3.41. The molecule has 0 aromatic heterocycles. The van der Waals surface area contributed by atoms with E-state index in [1.54, 1.807) is 32.0 Å². The van der Waals surface area contributed by atoms with Gasteiger partial charge in [0.2, 0.25) is 10.0 Å². The maximum absolute atomic E-state index is 12.8. The maximum Gasteiger partial charge on any atom is 0.241 e. The first-order valence-corrected chi connectivity index (χ1v) is 9.69. The van der Waals surface area contributed by atoms with E-state index in [2.05, 4.69) is 4.72 Å². The van der Waals surface area contributed by atoms with Crippen molar-refractivity contribution in [3.63, 3.8) is 0 Å². The normalized spacial score (nSPS) is 21.3. The van der Waals surface area contributed by atoms with Gasteiger partial charge in [0.15, 0.2) is 0 Å². The quantitative estimate of drug-likeness (QED) is 0.836. The number of ether oxygens (including phenoxy) is 1. The lowest BCUT2D eigenvalue weighted by Gasteiger charge is -2.42. The number of fused-ring (bicyclic) bond motifs is 1. The maximum atomic E-state index is 12.8. The summed E-state index contributed by atoms with van der Waals surface area (Å²) < 4.78 is 33.9. The number of nitrogens with one attached hydrogen (secondary N) is 1. The molecule has 3 rings (SSSR count). The van der Waals surface area contributed by atoms with Gasteiger partial charge < -0.3 is 9.84 Å². The van der Waals surface area contributed by atoms with Crippen molar-refractivity contribution in [2.24, 2.45) is 0 Å². The van der Waals surface area contributed by atoms with Crippen molar-refractivity contribution in [1.82, 2.24) is 4.72 Å². The molecule has 8 heteroatoms. The van der Waals surface area contributed by atoms with E-state index >= 15 is 0 Å². The molecular weight excluding hydrogens is 376 g/mol. The number of hydrogen-bond acceptors (Lipinski definition) is 5. The van der Waals surface area contributed by atoms with Crippen LogP contribution >= 0.6 is 11.6 Å². The van der Waals surface area contributed by atoms with Crippen LogP contribution in [0, 0.1) is 11.3 Å². The number of aliphatic hydroxyl groups is 1. The minimum absolute atomic E-state index is 0.0144. The van der Waals surface area contributed by atoms with Gasteiger partial charge >= 0.3 is 0 Å². The lowest BCUT2D eigenvalue weighted by Crippen LogP contribution is -2.53. The third-order valence-electron chi connectivity index (χ3n) is 4.26. The second-order valence-corrected chi connectivity index (χ2v) is 8.72. The van der Waals surface area contributed by atoms with Gasteiger partial charge in [-0.25, -0.2) is 13.1 Å². The first kappa shape index (κ1) is 18.7. The molecule has 1 aliphatic heterocycles. The number of nitrogens with zero attached hydrogens (tertiary/aromatic N) is 1. The molecular formula is C18H17ClN2O4S. The predicted octanol–water partition coefficient (Wildman–Crippen LogP) is 2.76. The van der Waals surface area contributed by atoms with E-state index in [0.717, 1.165) is 0 Å². The highest BCUT2D eigenvalue weighted by atomic mass is 35.5. The summed E-state index contributed by atoms with van der Waals surface area (Å²) in [4.78, 5) is -0.0144. The number of hydrogen-bond donors (Lipinski definition) is 2. The topological polar surface area (TPSA) is 99.4 Å². The fraction of sp³-hybridized carbons (Fsp3) is 0.278. The molecule has 2 N–H and O–H groups in total. The molecule has 136 valence electrons. The van der Waals surface area contributed by atoms with E-state index in [1.807, 2.05) is 6.07 Å². The van der Waals surface area contributed by atoms with Crippen LogP contribution in [-0.4, -0.2) is 25.2 Å². The average molecular weight is 393 g/mol. The van der Waals surface area contributed by atoms with Crippen LogP contribution in [0.4, 0.5) is 0 Å². The third-order valence-corrected chi connectivity index (χ3v) is 5.94. The molecule has 6 nitrogen and oxygen atoms in total. The Kier molecular flexibility index (Phi) is 4.71. The Morgan fingerprint density at radius 3 is 2.65 bits per heavy atom. The number of aliphatic hydroxyl groups excluding tert-OH is 1. The summed E-state index contributed by atoms with van der Waals surface area (Å²) in [6.45, 7) is 3.33. The van der Waals surface area contributed by atoms with Crippen molar-refractivity contribution in [2.45, 2.75) is 36.5 Å². The molecule has 0 aliphatic carbocycles. The van der Waals surface area contributed by atoms with Crippen molar-refractivity contribution in [1.29, 1.82) is 5.26 Å². The number of halogens is 1. The largest absolute Gasteiger partial charge is 0.485 e.